The third-order valence-corrected chi connectivity index (χ3v) is 4.42. The first kappa shape index (κ1) is 15.5. The second-order valence-electron chi connectivity index (χ2n) is 6.39. The fourth-order valence-electron chi connectivity index (χ4n) is 3.02. The van der Waals surface area contributed by atoms with Gasteiger partial charge in [-0.15, -0.1) is 0 Å². The molecule has 0 radical (unpaired) electrons. The van der Waals surface area contributed by atoms with E-state index in [9.17, 15) is 18.0 Å². The molecule has 1 aliphatic carbocycles. The first-order valence-electron chi connectivity index (χ1n) is 7.78. The second kappa shape index (κ2) is 6.02. The van der Waals surface area contributed by atoms with Gasteiger partial charge in [0, 0.05) is 18.5 Å². The standard InChI is InChI=1S/C15H20F3N3O/c16-15(17,18)10-20-7-5-11(6-8-20)9-21-14(22)4-3-13(19-21)12-1-2-12/h3-4,11-12H,1-2,5-10H2. The first-order chi connectivity index (χ1) is 10.4. The Kier molecular flexibility index (Phi) is 4.25. The van der Waals surface area contributed by atoms with Crippen molar-refractivity contribution in [3.8, 4) is 0 Å². The van der Waals surface area contributed by atoms with Gasteiger partial charge in [0.1, 0.15) is 0 Å². The molecule has 1 saturated heterocycles. The van der Waals surface area contributed by atoms with Crippen molar-refractivity contribution in [1.82, 2.24) is 14.7 Å². The van der Waals surface area contributed by atoms with E-state index in [0.29, 0.717) is 38.4 Å². The Bertz CT molecular complexity index is 572. The maximum absolute atomic E-state index is 12.4. The number of hydrogen-bond acceptors (Lipinski definition) is 3. The van der Waals surface area contributed by atoms with Gasteiger partial charge in [-0.3, -0.25) is 9.69 Å². The molecular weight excluding hydrogens is 295 g/mol. The second-order valence-corrected chi connectivity index (χ2v) is 6.39. The molecule has 3 rings (SSSR count). The number of rotatable bonds is 4. The highest BCUT2D eigenvalue weighted by molar-refractivity contribution is 5.12. The molecule has 0 spiro atoms. The van der Waals surface area contributed by atoms with Crippen LogP contribution in [0.5, 0.6) is 0 Å². The van der Waals surface area contributed by atoms with Crippen LogP contribution >= 0.6 is 0 Å². The maximum atomic E-state index is 12.4. The lowest BCUT2D eigenvalue weighted by atomic mass is 9.97. The molecule has 2 aliphatic rings. The Labute approximate surface area is 126 Å². The van der Waals surface area contributed by atoms with Gasteiger partial charge < -0.3 is 0 Å². The van der Waals surface area contributed by atoms with Crippen LogP contribution < -0.4 is 5.56 Å². The maximum Gasteiger partial charge on any atom is 0.401 e. The van der Waals surface area contributed by atoms with Crippen molar-refractivity contribution in [2.45, 2.75) is 44.3 Å². The summed E-state index contributed by atoms with van der Waals surface area (Å²) in [6.45, 7) is 0.539. The highest BCUT2D eigenvalue weighted by Gasteiger charge is 2.32. The number of aromatic nitrogens is 2. The number of alkyl halides is 3. The van der Waals surface area contributed by atoms with E-state index in [0.717, 1.165) is 18.5 Å². The Morgan fingerprint density at radius 3 is 2.41 bits per heavy atom. The summed E-state index contributed by atoms with van der Waals surface area (Å²) in [7, 11) is 0. The molecule has 2 heterocycles. The van der Waals surface area contributed by atoms with E-state index in [4.69, 9.17) is 0 Å². The molecule has 1 aromatic rings. The van der Waals surface area contributed by atoms with Gasteiger partial charge in [-0.1, -0.05) is 0 Å². The van der Waals surface area contributed by atoms with E-state index < -0.39 is 12.7 Å². The van der Waals surface area contributed by atoms with Gasteiger partial charge in [-0.05, 0) is 50.8 Å². The summed E-state index contributed by atoms with van der Waals surface area (Å²) in [5.41, 5.74) is 0.844. The average molecular weight is 315 g/mol. The molecular formula is C15H20F3N3O. The number of likely N-dealkylation sites (tertiary alicyclic amines) is 1. The predicted molar refractivity (Wildman–Crippen MR) is 75.7 cm³/mol. The Morgan fingerprint density at radius 2 is 1.82 bits per heavy atom. The quantitative estimate of drug-likeness (QED) is 0.856. The minimum absolute atomic E-state index is 0.123. The normalized spacial score (nSPS) is 21.2. The molecule has 2 fully saturated rings. The molecule has 0 bridgehead atoms. The molecule has 0 amide bonds. The zero-order valence-corrected chi connectivity index (χ0v) is 12.4. The van der Waals surface area contributed by atoms with E-state index in [2.05, 4.69) is 5.10 Å². The molecule has 0 atom stereocenters. The molecule has 1 aromatic heterocycles. The van der Waals surface area contributed by atoms with Crippen molar-refractivity contribution >= 4 is 0 Å². The Balaban J connectivity index is 1.56. The van der Waals surface area contributed by atoms with E-state index in [1.54, 1.807) is 12.1 Å². The molecule has 0 unspecified atom stereocenters. The lowest BCUT2D eigenvalue weighted by molar-refractivity contribution is -0.148. The van der Waals surface area contributed by atoms with Crippen LogP contribution in [0.1, 0.15) is 37.3 Å². The Hall–Kier alpha value is -1.37. The number of halogens is 3. The summed E-state index contributed by atoms with van der Waals surface area (Å²) in [4.78, 5) is 13.3. The molecule has 7 heteroatoms. The molecule has 0 N–H and O–H groups in total. The summed E-state index contributed by atoms with van der Waals surface area (Å²) in [6.07, 6.45) is -0.526. The van der Waals surface area contributed by atoms with Crippen molar-refractivity contribution < 1.29 is 13.2 Å². The van der Waals surface area contributed by atoms with Gasteiger partial charge >= 0.3 is 6.18 Å². The summed E-state index contributed by atoms with van der Waals surface area (Å²) >= 11 is 0. The lowest BCUT2D eigenvalue weighted by Crippen LogP contribution is -2.41. The number of piperidine rings is 1. The van der Waals surface area contributed by atoms with E-state index in [1.165, 1.54) is 9.58 Å². The van der Waals surface area contributed by atoms with Crippen LogP contribution in [0.15, 0.2) is 16.9 Å². The van der Waals surface area contributed by atoms with Gasteiger partial charge in [0.2, 0.25) is 0 Å². The monoisotopic (exact) mass is 315 g/mol. The summed E-state index contributed by atoms with van der Waals surface area (Å²) in [6, 6.07) is 3.35. The van der Waals surface area contributed by atoms with Crippen molar-refractivity contribution in [3.05, 3.63) is 28.2 Å². The van der Waals surface area contributed by atoms with E-state index in [-0.39, 0.29) is 11.5 Å². The van der Waals surface area contributed by atoms with Crippen LogP contribution in [0.3, 0.4) is 0 Å². The highest BCUT2D eigenvalue weighted by atomic mass is 19.4. The van der Waals surface area contributed by atoms with Crippen molar-refractivity contribution in [1.29, 1.82) is 0 Å². The minimum Gasteiger partial charge on any atom is -0.295 e. The molecule has 22 heavy (non-hydrogen) atoms. The third kappa shape index (κ3) is 4.09. The molecule has 1 aliphatic heterocycles. The topological polar surface area (TPSA) is 38.1 Å². The van der Waals surface area contributed by atoms with Crippen LogP contribution in [0.25, 0.3) is 0 Å². The van der Waals surface area contributed by atoms with Gasteiger partial charge in [0.05, 0.1) is 12.2 Å². The highest BCUT2D eigenvalue weighted by Crippen LogP contribution is 2.38. The van der Waals surface area contributed by atoms with Crippen LogP contribution in [-0.4, -0.2) is 40.5 Å². The summed E-state index contributed by atoms with van der Waals surface area (Å²) in [5.74, 6) is 0.713. The predicted octanol–water partition coefficient (Wildman–Crippen LogP) is 2.40. The average Bonchev–Trinajstić information content (AvgIpc) is 3.26. The van der Waals surface area contributed by atoms with Crippen LogP contribution in [0, 0.1) is 5.92 Å². The van der Waals surface area contributed by atoms with Crippen molar-refractivity contribution in [2.24, 2.45) is 5.92 Å². The van der Waals surface area contributed by atoms with Crippen LogP contribution in [0.2, 0.25) is 0 Å². The molecule has 1 saturated carbocycles. The number of nitrogens with zero attached hydrogens (tertiary/aromatic N) is 3. The Morgan fingerprint density at radius 1 is 1.14 bits per heavy atom. The molecule has 122 valence electrons. The molecule has 4 nitrogen and oxygen atoms in total. The first-order valence-corrected chi connectivity index (χ1v) is 7.78. The van der Waals surface area contributed by atoms with Crippen LogP contribution in [-0.2, 0) is 6.54 Å². The van der Waals surface area contributed by atoms with Gasteiger partial charge in [-0.25, -0.2) is 4.68 Å². The third-order valence-electron chi connectivity index (χ3n) is 4.42. The molecule has 0 aromatic carbocycles. The SMILES string of the molecule is O=c1ccc(C2CC2)nn1CC1CCN(CC(F)(F)F)CC1. The smallest absolute Gasteiger partial charge is 0.295 e. The van der Waals surface area contributed by atoms with Crippen LogP contribution in [0.4, 0.5) is 13.2 Å². The fourth-order valence-corrected chi connectivity index (χ4v) is 3.02. The largest absolute Gasteiger partial charge is 0.401 e. The van der Waals surface area contributed by atoms with Gasteiger partial charge in [-0.2, -0.15) is 18.3 Å². The number of hydrogen-bond donors (Lipinski definition) is 0. The zero-order chi connectivity index (χ0) is 15.7. The van der Waals surface area contributed by atoms with Crippen molar-refractivity contribution in [2.75, 3.05) is 19.6 Å². The van der Waals surface area contributed by atoms with Gasteiger partial charge in [0.15, 0.2) is 0 Å². The van der Waals surface area contributed by atoms with Crippen molar-refractivity contribution in [3.63, 3.8) is 0 Å². The van der Waals surface area contributed by atoms with Gasteiger partial charge in [0.25, 0.3) is 5.56 Å². The van der Waals surface area contributed by atoms with E-state index >= 15 is 0 Å². The minimum atomic E-state index is -4.13. The summed E-state index contributed by atoms with van der Waals surface area (Å²) in [5, 5.41) is 4.42. The lowest BCUT2D eigenvalue weighted by Gasteiger charge is -2.32. The zero-order valence-electron chi connectivity index (χ0n) is 12.4. The summed E-state index contributed by atoms with van der Waals surface area (Å²) < 4.78 is 38.6. The fraction of sp³-hybridized carbons (Fsp3) is 0.733. The van der Waals surface area contributed by atoms with E-state index in [1.807, 2.05) is 0 Å².